The van der Waals surface area contributed by atoms with Gasteiger partial charge in [-0.15, -0.1) is 0 Å². The Morgan fingerprint density at radius 2 is 1.59 bits per heavy atom. The Kier molecular flexibility index (Phi) is 7.11. The lowest BCUT2D eigenvalue weighted by molar-refractivity contribution is 0.0982. The second-order valence-electron chi connectivity index (χ2n) is 8.46. The molecule has 1 amide bonds. The Labute approximate surface area is 224 Å². The van der Waals surface area contributed by atoms with Gasteiger partial charge in [-0.1, -0.05) is 54.6 Å². The van der Waals surface area contributed by atoms with Crippen molar-refractivity contribution in [2.24, 2.45) is 0 Å². The Morgan fingerprint density at radius 1 is 0.872 bits per heavy atom. The Morgan fingerprint density at radius 3 is 2.28 bits per heavy atom. The molecule has 0 bridgehead atoms. The topological polar surface area (TPSA) is 102 Å². The van der Waals surface area contributed by atoms with Crippen LogP contribution >= 0.6 is 0 Å². The summed E-state index contributed by atoms with van der Waals surface area (Å²) >= 11 is 0. The Bertz CT molecular complexity index is 1740. The molecule has 0 unspecified atom stereocenters. The van der Waals surface area contributed by atoms with E-state index in [1.165, 1.54) is 25.3 Å². The molecule has 0 fully saturated rings. The molecule has 0 radical (unpaired) electrons. The first kappa shape index (κ1) is 25.7. The van der Waals surface area contributed by atoms with Crippen molar-refractivity contribution in [3.05, 3.63) is 121 Å². The van der Waals surface area contributed by atoms with Crippen molar-refractivity contribution in [3.63, 3.8) is 0 Å². The summed E-state index contributed by atoms with van der Waals surface area (Å²) in [6.45, 7) is 0. The lowest BCUT2D eigenvalue weighted by Gasteiger charge is -2.15. The van der Waals surface area contributed by atoms with E-state index >= 15 is 0 Å². The fourth-order valence-electron chi connectivity index (χ4n) is 3.94. The molecule has 1 heterocycles. The number of sulfonamides is 1. The highest BCUT2D eigenvalue weighted by Crippen LogP contribution is 2.30. The lowest BCUT2D eigenvalue weighted by Crippen LogP contribution is -2.31. The summed E-state index contributed by atoms with van der Waals surface area (Å²) in [6.07, 6.45) is 0. The number of nitrogens with one attached hydrogen (secondary N) is 2. The SMILES string of the molecule is COc1ccc(Nc2cc(-c3ccccc3)nn2-c2ccccc2)c(C(=O)NS(=O)(=O)c2cccc(F)c2)c1. The molecule has 1 aromatic heterocycles. The van der Waals surface area contributed by atoms with Crippen LogP contribution in [0.25, 0.3) is 16.9 Å². The van der Waals surface area contributed by atoms with Crippen LogP contribution in [0.4, 0.5) is 15.9 Å². The van der Waals surface area contributed by atoms with Gasteiger partial charge in [-0.3, -0.25) is 4.79 Å². The number of methoxy groups -OCH3 is 1. The van der Waals surface area contributed by atoms with Crippen molar-refractivity contribution in [1.29, 1.82) is 0 Å². The maximum absolute atomic E-state index is 13.7. The molecule has 10 heteroatoms. The van der Waals surface area contributed by atoms with E-state index in [0.717, 1.165) is 23.4 Å². The van der Waals surface area contributed by atoms with Crippen LogP contribution < -0.4 is 14.8 Å². The number of aromatic nitrogens is 2. The quantitative estimate of drug-likeness (QED) is 0.267. The third-order valence-corrected chi connectivity index (χ3v) is 7.18. The number of ether oxygens (including phenoxy) is 1. The van der Waals surface area contributed by atoms with Gasteiger partial charge in [-0.25, -0.2) is 22.2 Å². The molecule has 39 heavy (non-hydrogen) atoms. The first-order valence-electron chi connectivity index (χ1n) is 11.8. The number of nitrogens with zero attached hydrogens (tertiary/aromatic N) is 2. The average molecular weight is 543 g/mol. The third kappa shape index (κ3) is 5.65. The standard InChI is InChI=1S/C29H23FN4O4S/c1-38-23-15-16-26(25(18-23)29(35)33-39(36,37)24-14-8-11-21(30)17-24)31-28-19-27(20-9-4-2-5-10-20)32-34(28)22-12-6-3-7-13-22/h2-19,31H,1H3,(H,33,35). The van der Waals surface area contributed by atoms with Crippen molar-refractivity contribution in [2.45, 2.75) is 4.90 Å². The van der Waals surface area contributed by atoms with Crippen LogP contribution in [0.1, 0.15) is 10.4 Å². The van der Waals surface area contributed by atoms with E-state index < -0.39 is 21.7 Å². The van der Waals surface area contributed by atoms with Crippen LogP contribution in [0.3, 0.4) is 0 Å². The van der Waals surface area contributed by atoms with Crippen LogP contribution in [0.15, 0.2) is 114 Å². The van der Waals surface area contributed by atoms with Crippen molar-refractivity contribution < 1.29 is 22.3 Å². The number of para-hydroxylation sites is 1. The van der Waals surface area contributed by atoms with E-state index in [-0.39, 0.29) is 10.5 Å². The van der Waals surface area contributed by atoms with Crippen LogP contribution in [0.2, 0.25) is 0 Å². The Balaban J connectivity index is 1.54. The molecule has 0 spiro atoms. The molecule has 0 aliphatic rings. The Hall–Kier alpha value is -4.96. The summed E-state index contributed by atoms with van der Waals surface area (Å²) < 4.78 is 48.3. The average Bonchev–Trinajstić information content (AvgIpc) is 3.38. The molecule has 5 aromatic rings. The third-order valence-electron chi connectivity index (χ3n) is 5.85. The van der Waals surface area contributed by atoms with E-state index in [1.54, 1.807) is 16.8 Å². The molecular formula is C29H23FN4O4S. The minimum absolute atomic E-state index is 0.00333. The van der Waals surface area contributed by atoms with E-state index in [9.17, 15) is 17.6 Å². The number of amides is 1. The summed E-state index contributed by atoms with van der Waals surface area (Å²) in [5.41, 5.74) is 2.66. The van der Waals surface area contributed by atoms with Gasteiger partial charge in [0.15, 0.2) is 0 Å². The molecule has 196 valence electrons. The zero-order valence-corrected chi connectivity index (χ0v) is 21.5. The number of hydrogen-bond acceptors (Lipinski definition) is 6. The number of carbonyl (C=O) groups excluding carboxylic acids is 1. The molecule has 5 rings (SSSR count). The van der Waals surface area contributed by atoms with E-state index in [0.29, 0.717) is 22.9 Å². The highest BCUT2D eigenvalue weighted by Gasteiger charge is 2.23. The molecule has 0 atom stereocenters. The van der Waals surface area contributed by atoms with Crippen molar-refractivity contribution in [3.8, 4) is 22.7 Å². The molecule has 0 saturated carbocycles. The van der Waals surface area contributed by atoms with Gasteiger partial charge >= 0.3 is 0 Å². The van der Waals surface area contributed by atoms with Gasteiger partial charge in [0.05, 0.1) is 34.6 Å². The van der Waals surface area contributed by atoms with E-state index in [2.05, 4.69) is 5.32 Å². The first-order chi connectivity index (χ1) is 18.8. The molecule has 0 saturated heterocycles. The molecule has 8 nitrogen and oxygen atoms in total. The minimum atomic E-state index is -4.35. The maximum atomic E-state index is 13.7. The van der Waals surface area contributed by atoms with Crippen molar-refractivity contribution in [1.82, 2.24) is 14.5 Å². The molecule has 2 N–H and O–H groups in total. The van der Waals surface area contributed by atoms with Gasteiger partial charge in [-0.05, 0) is 48.5 Å². The van der Waals surface area contributed by atoms with Crippen LogP contribution in [-0.4, -0.2) is 31.2 Å². The van der Waals surface area contributed by atoms with Crippen LogP contribution in [-0.2, 0) is 10.0 Å². The number of halogens is 1. The number of anilines is 2. The number of hydrogen-bond donors (Lipinski definition) is 2. The van der Waals surface area contributed by atoms with Gasteiger partial charge in [0.1, 0.15) is 17.4 Å². The summed E-state index contributed by atoms with van der Waals surface area (Å²) in [4.78, 5) is 12.9. The van der Waals surface area contributed by atoms with Gasteiger partial charge in [-0.2, -0.15) is 5.10 Å². The summed E-state index contributed by atoms with van der Waals surface area (Å²) in [5, 5.41) is 7.99. The minimum Gasteiger partial charge on any atom is -0.497 e. The number of carbonyl (C=O) groups is 1. The summed E-state index contributed by atoms with van der Waals surface area (Å²) in [5.74, 6) is -0.783. The maximum Gasteiger partial charge on any atom is 0.267 e. The van der Waals surface area contributed by atoms with E-state index in [4.69, 9.17) is 9.84 Å². The predicted molar refractivity (Wildman–Crippen MR) is 146 cm³/mol. The lowest BCUT2D eigenvalue weighted by atomic mass is 10.1. The van der Waals surface area contributed by atoms with Crippen molar-refractivity contribution in [2.75, 3.05) is 12.4 Å². The molecule has 0 aliphatic heterocycles. The van der Waals surface area contributed by atoms with Gasteiger partial charge < -0.3 is 10.1 Å². The number of rotatable bonds is 8. The fraction of sp³-hybridized carbons (Fsp3) is 0.0345. The van der Waals surface area contributed by atoms with E-state index in [1.807, 2.05) is 71.5 Å². The summed E-state index contributed by atoms with van der Waals surface area (Å²) in [6, 6.07) is 29.9. The van der Waals surface area contributed by atoms with Gasteiger partial charge in [0, 0.05) is 11.6 Å². The van der Waals surface area contributed by atoms with Crippen molar-refractivity contribution >= 4 is 27.4 Å². The van der Waals surface area contributed by atoms with Crippen LogP contribution in [0.5, 0.6) is 5.75 Å². The summed E-state index contributed by atoms with van der Waals surface area (Å²) in [7, 11) is -2.91. The second kappa shape index (κ2) is 10.8. The van der Waals surface area contributed by atoms with Crippen LogP contribution in [0, 0.1) is 5.82 Å². The molecule has 4 aromatic carbocycles. The predicted octanol–water partition coefficient (Wildman–Crippen LogP) is 5.55. The molecular weight excluding hydrogens is 519 g/mol. The normalized spacial score (nSPS) is 11.1. The first-order valence-corrected chi connectivity index (χ1v) is 13.3. The molecule has 0 aliphatic carbocycles. The largest absolute Gasteiger partial charge is 0.497 e. The number of benzene rings is 4. The second-order valence-corrected chi connectivity index (χ2v) is 10.1. The fourth-order valence-corrected chi connectivity index (χ4v) is 4.94. The van der Waals surface area contributed by atoms with Gasteiger partial charge in [0.2, 0.25) is 0 Å². The zero-order valence-electron chi connectivity index (χ0n) is 20.7. The highest BCUT2D eigenvalue weighted by molar-refractivity contribution is 7.90. The highest BCUT2D eigenvalue weighted by atomic mass is 32.2. The monoisotopic (exact) mass is 542 g/mol. The smallest absolute Gasteiger partial charge is 0.267 e. The zero-order chi connectivity index (χ0) is 27.4. The van der Waals surface area contributed by atoms with Gasteiger partial charge in [0.25, 0.3) is 15.9 Å².